The van der Waals surface area contributed by atoms with E-state index in [-0.39, 0.29) is 0 Å². The summed E-state index contributed by atoms with van der Waals surface area (Å²) in [6.45, 7) is 0. The van der Waals surface area contributed by atoms with Gasteiger partial charge in [-0.1, -0.05) is 164 Å². The van der Waals surface area contributed by atoms with Crippen LogP contribution in [0, 0.1) is 0 Å². The fourth-order valence-corrected chi connectivity index (χ4v) is 7.59. The Morgan fingerprint density at radius 3 is 1.46 bits per heavy atom. The van der Waals surface area contributed by atoms with Gasteiger partial charge in [-0.15, -0.1) is 0 Å². The molecule has 1 aromatic heterocycles. The summed E-state index contributed by atoms with van der Waals surface area (Å²) in [6, 6.07) is 62.2. The lowest BCUT2D eigenvalue weighted by molar-refractivity contribution is 1.08. The van der Waals surface area contributed by atoms with Crippen molar-refractivity contribution in [2.24, 2.45) is 0 Å². The highest BCUT2D eigenvalue weighted by molar-refractivity contribution is 6.21. The summed E-state index contributed by atoms with van der Waals surface area (Å²) in [4.78, 5) is 15.8. The molecular weight excluding hydrogens is 607 g/mol. The standard InChI is InChI=1S/C47H29N3/c1-3-14-30(15-4-1)43-37-20-9-11-22-39(37)44(40-23-12-10-21-38(40)43)47-49-45(31-16-5-2-6-17-31)48-46(50-47)41-25-13-24-35-36(41)27-26-34-28-32-18-7-8-19-33(32)29-42(34)35/h1-29H. The molecule has 232 valence electrons. The lowest BCUT2D eigenvalue weighted by Crippen LogP contribution is -2.02. The molecule has 0 unspecified atom stereocenters. The molecule has 10 aromatic rings. The van der Waals surface area contributed by atoms with Gasteiger partial charge >= 0.3 is 0 Å². The van der Waals surface area contributed by atoms with E-state index in [1.165, 1.54) is 48.8 Å². The quantitative estimate of drug-likeness (QED) is 0.143. The number of hydrogen-bond acceptors (Lipinski definition) is 3. The van der Waals surface area contributed by atoms with Gasteiger partial charge in [-0.05, 0) is 77.1 Å². The van der Waals surface area contributed by atoms with Crippen LogP contribution in [0.1, 0.15) is 0 Å². The number of aromatic nitrogens is 3. The molecule has 0 aliphatic rings. The monoisotopic (exact) mass is 635 g/mol. The van der Waals surface area contributed by atoms with Crippen LogP contribution < -0.4 is 0 Å². The molecule has 0 saturated heterocycles. The smallest absolute Gasteiger partial charge is 0.165 e. The summed E-state index contributed by atoms with van der Waals surface area (Å²) in [5.74, 6) is 1.96. The maximum Gasteiger partial charge on any atom is 0.165 e. The Morgan fingerprint density at radius 1 is 0.260 bits per heavy atom. The molecule has 0 atom stereocenters. The minimum Gasteiger partial charge on any atom is -0.208 e. The predicted molar refractivity (Wildman–Crippen MR) is 209 cm³/mol. The minimum atomic E-state index is 0.648. The van der Waals surface area contributed by atoms with Crippen LogP contribution in [0.5, 0.6) is 0 Å². The van der Waals surface area contributed by atoms with E-state index in [4.69, 9.17) is 15.0 Å². The van der Waals surface area contributed by atoms with Crippen LogP contribution >= 0.6 is 0 Å². The highest BCUT2D eigenvalue weighted by Crippen LogP contribution is 2.43. The third-order valence-electron chi connectivity index (χ3n) is 9.87. The summed E-state index contributed by atoms with van der Waals surface area (Å²) in [7, 11) is 0. The van der Waals surface area contributed by atoms with Crippen LogP contribution in [0.25, 0.3) is 99.2 Å². The summed E-state index contributed by atoms with van der Waals surface area (Å²) in [5, 5.41) is 11.7. The molecule has 0 spiro atoms. The maximum atomic E-state index is 5.36. The average Bonchev–Trinajstić information content (AvgIpc) is 3.19. The van der Waals surface area contributed by atoms with Crippen molar-refractivity contribution in [2.45, 2.75) is 0 Å². The van der Waals surface area contributed by atoms with Crippen LogP contribution in [-0.2, 0) is 0 Å². The first kappa shape index (κ1) is 28.3. The molecule has 1 heterocycles. The van der Waals surface area contributed by atoms with E-state index < -0.39 is 0 Å². The normalized spacial score (nSPS) is 11.6. The lowest BCUT2D eigenvalue weighted by atomic mass is 9.88. The Morgan fingerprint density at radius 2 is 0.780 bits per heavy atom. The van der Waals surface area contributed by atoms with E-state index in [9.17, 15) is 0 Å². The number of rotatable bonds is 4. The average molecular weight is 636 g/mol. The van der Waals surface area contributed by atoms with Gasteiger partial charge in [0.25, 0.3) is 0 Å². The first-order valence-electron chi connectivity index (χ1n) is 17.0. The Kier molecular flexibility index (Phi) is 6.49. The molecule has 50 heavy (non-hydrogen) atoms. The Hall–Kier alpha value is -6.71. The molecule has 9 aromatic carbocycles. The van der Waals surface area contributed by atoms with Gasteiger partial charge in [-0.2, -0.15) is 0 Å². The first-order valence-corrected chi connectivity index (χ1v) is 17.0. The van der Waals surface area contributed by atoms with Crippen LogP contribution in [0.4, 0.5) is 0 Å². The Labute approximate surface area is 289 Å². The third-order valence-corrected chi connectivity index (χ3v) is 9.87. The molecule has 0 bridgehead atoms. The van der Waals surface area contributed by atoms with Gasteiger partial charge in [-0.25, -0.2) is 15.0 Å². The SMILES string of the molecule is c1ccc(-c2nc(-c3c4ccccc4c(-c4ccccc4)c4ccccc34)nc(-c3cccc4c3ccc3cc5ccccc5cc34)n2)cc1. The van der Waals surface area contributed by atoms with Gasteiger partial charge in [0.15, 0.2) is 17.5 Å². The van der Waals surface area contributed by atoms with Gasteiger partial charge in [0, 0.05) is 16.7 Å². The highest BCUT2D eigenvalue weighted by atomic mass is 15.0. The zero-order chi connectivity index (χ0) is 33.0. The summed E-state index contributed by atoms with van der Waals surface area (Å²) < 4.78 is 0. The highest BCUT2D eigenvalue weighted by Gasteiger charge is 2.21. The molecule has 0 fully saturated rings. The van der Waals surface area contributed by atoms with E-state index in [0.717, 1.165) is 32.8 Å². The van der Waals surface area contributed by atoms with Crippen LogP contribution in [0.2, 0.25) is 0 Å². The summed E-state index contributed by atoms with van der Waals surface area (Å²) in [5.41, 5.74) is 5.33. The second-order valence-electron chi connectivity index (χ2n) is 12.8. The van der Waals surface area contributed by atoms with Crippen molar-refractivity contribution in [3.05, 3.63) is 176 Å². The first-order chi connectivity index (χ1) is 24.8. The van der Waals surface area contributed by atoms with Crippen LogP contribution in [-0.4, -0.2) is 15.0 Å². The number of nitrogens with zero attached hydrogens (tertiary/aromatic N) is 3. The molecule has 0 aliphatic carbocycles. The Balaban J connectivity index is 1.28. The van der Waals surface area contributed by atoms with E-state index in [2.05, 4.69) is 158 Å². The topological polar surface area (TPSA) is 38.7 Å². The van der Waals surface area contributed by atoms with Crippen molar-refractivity contribution in [3.8, 4) is 45.3 Å². The largest absolute Gasteiger partial charge is 0.208 e. The van der Waals surface area contributed by atoms with E-state index in [1.54, 1.807) is 0 Å². The van der Waals surface area contributed by atoms with Gasteiger partial charge in [0.2, 0.25) is 0 Å². The Bertz CT molecular complexity index is 2860. The fourth-order valence-electron chi connectivity index (χ4n) is 7.59. The molecule has 0 radical (unpaired) electrons. The molecule has 0 amide bonds. The minimum absolute atomic E-state index is 0.648. The van der Waals surface area contributed by atoms with Crippen molar-refractivity contribution in [1.29, 1.82) is 0 Å². The van der Waals surface area contributed by atoms with E-state index in [1.807, 2.05) is 18.2 Å². The van der Waals surface area contributed by atoms with Gasteiger partial charge in [0.1, 0.15) is 0 Å². The van der Waals surface area contributed by atoms with Gasteiger partial charge < -0.3 is 0 Å². The predicted octanol–water partition coefficient (Wildman–Crippen LogP) is 12.3. The van der Waals surface area contributed by atoms with Gasteiger partial charge in [0.05, 0.1) is 0 Å². The maximum absolute atomic E-state index is 5.36. The zero-order valence-electron chi connectivity index (χ0n) is 27.1. The number of hydrogen-bond donors (Lipinski definition) is 0. The van der Waals surface area contributed by atoms with Crippen LogP contribution in [0.15, 0.2) is 176 Å². The van der Waals surface area contributed by atoms with Crippen molar-refractivity contribution in [1.82, 2.24) is 15.0 Å². The molecular formula is C47H29N3. The van der Waals surface area contributed by atoms with Crippen molar-refractivity contribution >= 4 is 53.9 Å². The fraction of sp³-hybridized carbons (Fsp3) is 0. The van der Waals surface area contributed by atoms with Gasteiger partial charge in [-0.3, -0.25) is 0 Å². The summed E-state index contributed by atoms with van der Waals surface area (Å²) in [6.07, 6.45) is 0. The molecule has 0 N–H and O–H groups in total. The zero-order valence-corrected chi connectivity index (χ0v) is 27.1. The number of benzene rings is 9. The van der Waals surface area contributed by atoms with E-state index >= 15 is 0 Å². The van der Waals surface area contributed by atoms with Crippen molar-refractivity contribution in [3.63, 3.8) is 0 Å². The van der Waals surface area contributed by atoms with Crippen molar-refractivity contribution in [2.75, 3.05) is 0 Å². The third kappa shape index (κ3) is 4.56. The second kappa shape index (κ2) is 11.5. The summed E-state index contributed by atoms with van der Waals surface area (Å²) >= 11 is 0. The molecule has 0 saturated carbocycles. The molecule has 3 nitrogen and oxygen atoms in total. The van der Waals surface area contributed by atoms with E-state index in [0.29, 0.717) is 17.5 Å². The molecule has 10 rings (SSSR count). The van der Waals surface area contributed by atoms with Crippen LogP contribution in [0.3, 0.4) is 0 Å². The molecule has 0 aliphatic heterocycles. The second-order valence-corrected chi connectivity index (χ2v) is 12.8. The molecule has 3 heteroatoms. The lowest BCUT2D eigenvalue weighted by Gasteiger charge is -2.17. The van der Waals surface area contributed by atoms with Crippen molar-refractivity contribution < 1.29 is 0 Å². The number of fused-ring (bicyclic) bond motifs is 6.